The van der Waals surface area contributed by atoms with Gasteiger partial charge < -0.3 is 21.1 Å². The summed E-state index contributed by atoms with van der Waals surface area (Å²) < 4.78 is 30.0. The number of carbonyl (C=O) groups is 2. The van der Waals surface area contributed by atoms with Gasteiger partial charge in [0.25, 0.3) is 5.91 Å². The molecule has 1 amide bonds. The van der Waals surface area contributed by atoms with E-state index < -0.39 is 35.5 Å². The standard InChI is InChI=1S/C25H22F2N6O3S/c26-12-7-13-14(9-30-22(13)29-8-12)23-32-20(15-5-6-16(37-15)21(28)34)18(27)24(33-23)31-19-11-3-1-10(2-4-11)17(19)25(35)36/h5-11,17,19H,1-4H2,(H2,28,34)(H,29,30)(H,35,36)(H,31,32,33)/t10?,11?,17-,19-/m0/s1. The SMILES string of the molecule is NC(=O)c1ccc(-c2nc(-c3c[nH]c4ncc(F)cc34)nc(N[C@H]3C4CCC(CC4)[C@@H]3C(=O)O)c2F)s1. The summed E-state index contributed by atoms with van der Waals surface area (Å²) in [6.07, 6.45) is 6.03. The van der Waals surface area contributed by atoms with Crippen molar-refractivity contribution in [2.24, 2.45) is 23.5 Å². The average Bonchev–Trinajstić information content (AvgIpc) is 3.53. The van der Waals surface area contributed by atoms with E-state index in [1.165, 1.54) is 12.1 Å². The predicted octanol–water partition coefficient (Wildman–Crippen LogP) is 4.43. The maximum atomic E-state index is 16.0. The van der Waals surface area contributed by atoms with Crippen molar-refractivity contribution >= 4 is 40.1 Å². The Hall–Kier alpha value is -3.93. The molecule has 0 unspecified atom stereocenters. The van der Waals surface area contributed by atoms with Gasteiger partial charge in [0.1, 0.15) is 17.2 Å². The number of amides is 1. The number of thiophene rings is 1. The highest BCUT2D eigenvalue weighted by molar-refractivity contribution is 7.17. The normalized spacial score (nSPS) is 22.9. The summed E-state index contributed by atoms with van der Waals surface area (Å²) in [6, 6.07) is 3.82. The molecule has 4 heterocycles. The number of carboxylic acids is 1. The number of aromatic nitrogens is 4. The molecular formula is C25H22F2N6O3S. The van der Waals surface area contributed by atoms with Crippen LogP contribution in [0.25, 0.3) is 33.0 Å². The highest BCUT2D eigenvalue weighted by Crippen LogP contribution is 2.47. The van der Waals surface area contributed by atoms with Gasteiger partial charge in [-0.2, -0.15) is 0 Å². The first kappa shape index (κ1) is 23.5. The Kier molecular flexibility index (Phi) is 5.63. The summed E-state index contributed by atoms with van der Waals surface area (Å²) in [6.45, 7) is 0. The van der Waals surface area contributed by atoms with Crippen molar-refractivity contribution in [2.45, 2.75) is 31.7 Å². The number of carbonyl (C=O) groups excluding carboxylic acids is 1. The predicted molar refractivity (Wildman–Crippen MR) is 133 cm³/mol. The minimum atomic E-state index is -0.913. The number of primary amides is 1. The fourth-order valence-corrected chi connectivity index (χ4v) is 6.60. The second-order valence-corrected chi connectivity index (χ2v) is 10.6. The lowest BCUT2D eigenvalue weighted by Gasteiger charge is -2.47. The van der Waals surface area contributed by atoms with Gasteiger partial charge in [0.05, 0.1) is 21.9 Å². The third-order valence-corrected chi connectivity index (χ3v) is 8.59. The number of rotatable bonds is 6. The molecule has 3 aliphatic carbocycles. The zero-order chi connectivity index (χ0) is 25.8. The fourth-order valence-electron chi connectivity index (χ4n) is 5.76. The molecule has 3 saturated carbocycles. The first-order chi connectivity index (χ1) is 17.8. The van der Waals surface area contributed by atoms with E-state index in [0.29, 0.717) is 21.5 Å². The van der Waals surface area contributed by atoms with E-state index in [9.17, 15) is 19.1 Å². The minimum Gasteiger partial charge on any atom is -0.481 e. The highest BCUT2D eigenvalue weighted by atomic mass is 32.1. The van der Waals surface area contributed by atoms with Gasteiger partial charge in [-0.1, -0.05) is 0 Å². The summed E-state index contributed by atoms with van der Waals surface area (Å²) in [4.78, 5) is 40.3. The number of pyridine rings is 1. The molecule has 0 spiro atoms. The number of aromatic amines is 1. The topological polar surface area (TPSA) is 147 Å². The van der Waals surface area contributed by atoms with Gasteiger partial charge >= 0.3 is 5.97 Å². The maximum absolute atomic E-state index is 16.0. The molecule has 7 rings (SSSR count). The number of nitrogens with one attached hydrogen (secondary N) is 2. The van der Waals surface area contributed by atoms with Crippen molar-refractivity contribution in [3.8, 4) is 22.0 Å². The van der Waals surface area contributed by atoms with Crippen molar-refractivity contribution in [2.75, 3.05) is 5.32 Å². The lowest BCUT2D eigenvalue weighted by atomic mass is 9.61. The maximum Gasteiger partial charge on any atom is 0.308 e. The molecule has 4 aromatic rings. The zero-order valence-electron chi connectivity index (χ0n) is 19.4. The van der Waals surface area contributed by atoms with E-state index in [2.05, 4.69) is 25.3 Å². The molecule has 0 aliphatic heterocycles. The Morgan fingerprint density at radius 1 is 1.14 bits per heavy atom. The van der Waals surface area contributed by atoms with E-state index in [-0.39, 0.29) is 34.0 Å². The number of halogens is 2. The van der Waals surface area contributed by atoms with Crippen LogP contribution in [0.1, 0.15) is 35.4 Å². The summed E-state index contributed by atoms with van der Waals surface area (Å²) in [5.74, 6) is -3.50. The van der Waals surface area contributed by atoms with Crippen LogP contribution in [0.4, 0.5) is 14.6 Å². The van der Waals surface area contributed by atoms with Gasteiger partial charge in [0.2, 0.25) is 0 Å². The van der Waals surface area contributed by atoms with Crippen LogP contribution in [-0.4, -0.2) is 43.0 Å². The number of hydrogen-bond donors (Lipinski definition) is 4. The van der Waals surface area contributed by atoms with Crippen LogP contribution in [0.3, 0.4) is 0 Å². The van der Waals surface area contributed by atoms with E-state index in [0.717, 1.165) is 43.2 Å². The van der Waals surface area contributed by atoms with Crippen molar-refractivity contribution in [1.29, 1.82) is 0 Å². The number of H-pyrrole nitrogens is 1. The lowest BCUT2D eigenvalue weighted by Crippen LogP contribution is -2.51. The molecule has 0 saturated heterocycles. The van der Waals surface area contributed by atoms with Gasteiger partial charge in [-0.15, -0.1) is 11.3 Å². The summed E-state index contributed by atoms with van der Waals surface area (Å²) >= 11 is 0.986. The van der Waals surface area contributed by atoms with Crippen LogP contribution in [0.15, 0.2) is 30.6 Å². The molecule has 190 valence electrons. The van der Waals surface area contributed by atoms with Crippen LogP contribution >= 0.6 is 11.3 Å². The Morgan fingerprint density at radius 2 is 1.89 bits per heavy atom. The number of hydrogen-bond acceptors (Lipinski definition) is 7. The molecule has 9 nitrogen and oxygen atoms in total. The van der Waals surface area contributed by atoms with Gasteiger partial charge in [0, 0.05) is 23.2 Å². The monoisotopic (exact) mass is 524 g/mol. The third-order valence-electron chi connectivity index (χ3n) is 7.48. The number of carboxylic acid groups (broad SMARTS) is 1. The summed E-state index contributed by atoms with van der Waals surface area (Å²) in [5.41, 5.74) is 6.12. The highest BCUT2D eigenvalue weighted by Gasteiger charge is 2.47. The summed E-state index contributed by atoms with van der Waals surface area (Å²) in [7, 11) is 0. The van der Waals surface area contributed by atoms with Gasteiger partial charge in [-0.05, 0) is 55.7 Å². The fraction of sp³-hybridized carbons (Fsp3) is 0.320. The third kappa shape index (κ3) is 4.01. The van der Waals surface area contributed by atoms with Crippen LogP contribution in [0.5, 0.6) is 0 Å². The molecule has 3 fully saturated rings. The first-order valence-electron chi connectivity index (χ1n) is 11.9. The van der Waals surface area contributed by atoms with Crippen molar-refractivity contribution in [3.05, 3.63) is 47.1 Å². The second-order valence-electron chi connectivity index (χ2n) is 9.55. The van der Waals surface area contributed by atoms with E-state index in [1.807, 2.05) is 0 Å². The molecule has 5 N–H and O–H groups in total. The molecular weight excluding hydrogens is 502 g/mol. The number of nitrogens with zero attached hydrogens (tertiary/aromatic N) is 3. The lowest BCUT2D eigenvalue weighted by molar-refractivity contribution is -0.148. The van der Waals surface area contributed by atoms with Crippen molar-refractivity contribution < 1.29 is 23.5 Å². The van der Waals surface area contributed by atoms with Crippen LogP contribution < -0.4 is 11.1 Å². The van der Waals surface area contributed by atoms with Crippen LogP contribution in [0.2, 0.25) is 0 Å². The molecule has 2 atom stereocenters. The Labute approximate surface area is 213 Å². The smallest absolute Gasteiger partial charge is 0.308 e. The zero-order valence-corrected chi connectivity index (χ0v) is 20.2. The Bertz CT molecular complexity index is 1540. The van der Waals surface area contributed by atoms with Gasteiger partial charge in [0.15, 0.2) is 17.5 Å². The Balaban J connectivity index is 1.50. The van der Waals surface area contributed by atoms with Gasteiger partial charge in [-0.3, -0.25) is 9.59 Å². The number of aliphatic carboxylic acids is 1. The van der Waals surface area contributed by atoms with Crippen molar-refractivity contribution in [1.82, 2.24) is 19.9 Å². The molecule has 0 aromatic carbocycles. The minimum absolute atomic E-state index is 0.0157. The quantitative estimate of drug-likeness (QED) is 0.292. The molecule has 37 heavy (non-hydrogen) atoms. The van der Waals surface area contributed by atoms with E-state index in [1.54, 1.807) is 12.3 Å². The molecule has 0 radical (unpaired) electrons. The Morgan fingerprint density at radius 3 is 2.59 bits per heavy atom. The second kappa shape index (κ2) is 8.87. The molecule has 2 bridgehead atoms. The van der Waals surface area contributed by atoms with E-state index >= 15 is 4.39 Å². The van der Waals surface area contributed by atoms with Crippen LogP contribution in [0, 0.1) is 29.4 Å². The number of anilines is 1. The van der Waals surface area contributed by atoms with E-state index in [4.69, 9.17) is 5.73 Å². The summed E-state index contributed by atoms with van der Waals surface area (Å²) in [5, 5.41) is 13.5. The average molecular weight is 525 g/mol. The molecule has 4 aromatic heterocycles. The number of fused-ring (bicyclic) bond motifs is 4. The van der Waals surface area contributed by atoms with Crippen LogP contribution in [-0.2, 0) is 4.79 Å². The van der Waals surface area contributed by atoms with Crippen molar-refractivity contribution in [3.63, 3.8) is 0 Å². The number of nitrogens with two attached hydrogens (primary N) is 1. The first-order valence-corrected chi connectivity index (χ1v) is 12.7. The molecule has 12 heteroatoms. The molecule has 3 aliphatic rings. The van der Waals surface area contributed by atoms with Gasteiger partial charge in [-0.25, -0.2) is 23.7 Å². The largest absolute Gasteiger partial charge is 0.481 e.